The van der Waals surface area contributed by atoms with E-state index in [9.17, 15) is 27.0 Å². The molecule has 3 rings (SSSR count). The quantitative estimate of drug-likeness (QED) is 0.738. The molecule has 7 nitrogen and oxygen atoms in total. The molecule has 2 aromatic carbocycles. The van der Waals surface area contributed by atoms with E-state index in [1.54, 1.807) is 12.1 Å². The maximum absolute atomic E-state index is 11.7. The second-order valence-corrected chi connectivity index (χ2v) is 11.1. The highest BCUT2D eigenvalue weighted by Gasteiger charge is 2.49. The molecule has 0 aromatic heterocycles. The Morgan fingerprint density at radius 1 is 0.929 bits per heavy atom. The molecule has 2 N–H and O–H groups in total. The van der Waals surface area contributed by atoms with Crippen molar-refractivity contribution in [3.63, 3.8) is 0 Å². The number of benzene rings is 2. The first-order valence-electron chi connectivity index (χ1n) is 8.54. The van der Waals surface area contributed by atoms with Crippen molar-refractivity contribution in [2.75, 3.05) is 19.1 Å². The molecule has 1 heterocycles. The van der Waals surface area contributed by atoms with Crippen LogP contribution < -0.4 is 0 Å². The minimum Gasteiger partial charge on any atom is -0.394 e. The molecule has 0 aliphatic carbocycles. The predicted molar refractivity (Wildman–Crippen MR) is 102 cm³/mol. The molecule has 28 heavy (non-hydrogen) atoms. The zero-order chi connectivity index (χ0) is 20.7. The zero-order valence-electron chi connectivity index (χ0n) is 15.4. The summed E-state index contributed by atoms with van der Waals surface area (Å²) in [5.74, 6) is 0. The smallest absolute Gasteiger partial charge is 0.175 e. The van der Waals surface area contributed by atoms with Crippen LogP contribution in [0.25, 0.3) is 0 Å². The minimum absolute atomic E-state index is 0.111. The van der Waals surface area contributed by atoms with Crippen molar-refractivity contribution in [1.29, 1.82) is 0 Å². The third-order valence-electron chi connectivity index (χ3n) is 4.90. The van der Waals surface area contributed by atoms with Gasteiger partial charge in [0.1, 0.15) is 11.7 Å². The van der Waals surface area contributed by atoms with Crippen LogP contribution in [-0.2, 0) is 30.0 Å². The van der Waals surface area contributed by atoms with E-state index in [0.29, 0.717) is 11.1 Å². The highest BCUT2D eigenvalue weighted by Crippen LogP contribution is 2.48. The van der Waals surface area contributed by atoms with Gasteiger partial charge >= 0.3 is 0 Å². The van der Waals surface area contributed by atoms with Crippen LogP contribution in [0.1, 0.15) is 23.7 Å². The lowest BCUT2D eigenvalue weighted by molar-refractivity contribution is -0.0595. The van der Waals surface area contributed by atoms with Gasteiger partial charge < -0.3 is 14.9 Å². The second-order valence-electron chi connectivity index (χ2n) is 7.09. The lowest BCUT2D eigenvalue weighted by atomic mass is 9.83. The monoisotopic (exact) mass is 426 g/mol. The first-order valence-corrected chi connectivity index (χ1v) is 12.3. The fourth-order valence-electron chi connectivity index (χ4n) is 3.42. The van der Waals surface area contributed by atoms with Gasteiger partial charge in [-0.1, -0.05) is 24.3 Å². The number of rotatable bonds is 5. The van der Waals surface area contributed by atoms with E-state index in [1.165, 1.54) is 36.4 Å². The Bertz CT molecular complexity index is 1060. The summed E-state index contributed by atoms with van der Waals surface area (Å²) in [6.45, 7) is -0.290. The number of hydrogen-bond acceptors (Lipinski definition) is 7. The van der Waals surface area contributed by atoms with Gasteiger partial charge in [-0.05, 0) is 35.4 Å². The predicted octanol–water partition coefficient (Wildman–Crippen LogP) is 1.20. The standard InChI is InChI=1S/C19H22O7S2/c1-27(22,23)16-7-3-13(4-8-16)18-19(21,11-15(12-20)26-18)14-5-9-17(10-6-14)28(2,24)25/h3-10,15,18,20-21H,11-12H2,1-2H3/t15-,18-,19+/m1/s1. The molecule has 0 spiro atoms. The third-order valence-corrected chi connectivity index (χ3v) is 7.16. The molecule has 2 aromatic rings. The lowest BCUT2D eigenvalue weighted by Gasteiger charge is -2.29. The Kier molecular flexibility index (Phi) is 5.41. The van der Waals surface area contributed by atoms with Gasteiger partial charge in [-0.2, -0.15) is 0 Å². The fourth-order valence-corrected chi connectivity index (χ4v) is 4.68. The Morgan fingerprint density at radius 2 is 1.39 bits per heavy atom. The van der Waals surface area contributed by atoms with Crippen LogP contribution in [0.5, 0.6) is 0 Å². The number of sulfone groups is 2. The normalized spacial score (nSPS) is 25.7. The van der Waals surface area contributed by atoms with Gasteiger partial charge in [0.2, 0.25) is 0 Å². The zero-order valence-corrected chi connectivity index (χ0v) is 17.1. The summed E-state index contributed by atoms with van der Waals surface area (Å²) in [6.07, 6.45) is 0.862. The summed E-state index contributed by atoms with van der Waals surface area (Å²) in [5, 5.41) is 20.9. The molecule has 1 fully saturated rings. The molecule has 0 radical (unpaired) electrons. The van der Waals surface area contributed by atoms with Gasteiger partial charge in [-0.25, -0.2) is 16.8 Å². The molecule has 1 aliphatic heterocycles. The lowest BCUT2D eigenvalue weighted by Crippen LogP contribution is -2.29. The van der Waals surface area contributed by atoms with Gasteiger partial charge in [0.15, 0.2) is 19.7 Å². The van der Waals surface area contributed by atoms with Crippen LogP contribution in [0.3, 0.4) is 0 Å². The molecule has 0 saturated carbocycles. The molecule has 1 saturated heterocycles. The van der Waals surface area contributed by atoms with E-state index in [4.69, 9.17) is 4.74 Å². The molecule has 1 aliphatic rings. The topological polar surface area (TPSA) is 118 Å². The number of aliphatic hydroxyl groups excluding tert-OH is 1. The highest BCUT2D eigenvalue weighted by atomic mass is 32.2. The number of aliphatic hydroxyl groups is 2. The van der Waals surface area contributed by atoms with E-state index < -0.39 is 37.5 Å². The van der Waals surface area contributed by atoms with Crippen LogP contribution in [0, 0.1) is 0 Å². The highest BCUT2D eigenvalue weighted by molar-refractivity contribution is 7.91. The average molecular weight is 427 g/mol. The van der Waals surface area contributed by atoms with Crippen molar-refractivity contribution in [2.24, 2.45) is 0 Å². The van der Waals surface area contributed by atoms with E-state index in [-0.39, 0.29) is 22.8 Å². The first-order chi connectivity index (χ1) is 12.9. The molecule has 0 bridgehead atoms. The van der Waals surface area contributed by atoms with Crippen LogP contribution in [0.2, 0.25) is 0 Å². The molecular weight excluding hydrogens is 404 g/mol. The molecular formula is C19H22O7S2. The van der Waals surface area contributed by atoms with Gasteiger partial charge in [-0.3, -0.25) is 0 Å². The summed E-state index contributed by atoms with van der Waals surface area (Å²) >= 11 is 0. The second kappa shape index (κ2) is 7.23. The van der Waals surface area contributed by atoms with E-state index in [2.05, 4.69) is 0 Å². The van der Waals surface area contributed by atoms with Gasteiger partial charge in [0.25, 0.3) is 0 Å². The van der Waals surface area contributed by atoms with Gasteiger partial charge in [0, 0.05) is 18.9 Å². The van der Waals surface area contributed by atoms with Crippen molar-refractivity contribution in [1.82, 2.24) is 0 Å². The van der Waals surface area contributed by atoms with E-state index in [0.717, 1.165) is 12.5 Å². The largest absolute Gasteiger partial charge is 0.394 e. The summed E-state index contributed by atoms with van der Waals surface area (Å²) in [6, 6.07) is 11.9. The molecule has 0 amide bonds. The van der Waals surface area contributed by atoms with Crippen LogP contribution in [-0.4, -0.2) is 52.3 Å². The van der Waals surface area contributed by atoms with Crippen molar-refractivity contribution in [3.8, 4) is 0 Å². The van der Waals surface area contributed by atoms with Crippen LogP contribution in [0.15, 0.2) is 58.3 Å². The third kappa shape index (κ3) is 3.99. The maximum Gasteiger partial charge on any atom is 0.175 e. The van der Waals surface area contributed by atoms with E-state index in [1.807, 2.05) is 0 Å². The SMILES string of the molecule is CS(=O)(=O)c1ccc([C@H]2O[C@@H](CO)C[C@]2(O)c2ccc(S(C)(=O)=O)cc2)cc1. The Hall–Kier alpha value is -1.78. The van der Waals surface area contributed by atoms with Crippen molar-refractivity contribution in [2.45, 2.75) is 34.0 Å². The van der Waals surface area contributed by atoms with Crippen molar-refractivity contribution < 1.29 is 31.8 Å². The Morgan fingerprint density at radius 3 is 1.82 bits per heavy atom. The first kappa shape index (κ1) is 20.9. The van der Waals surface area contributed by atoms with Crippen LogP contribution in [0.4, 0.5) is 0 Å². The Balaban J connectivity index is 2.02. The molecule has 152 valence electrons. The van der Waals surface area contributed by atoms with Gasteiger partial charge in [-0.15, -0.1) is 0 Å². The number of hydrogen-bond donors (Lipinski definition) is 2. The summed E-state index contributed by atoms with van der Waals surface area (Å²) < 4.78 is 52.5. The molecule has 3 atom stereocenters. The summed E-state index contributed by atoms with van der Waals surface area (Å²) in [5.41, 5.74) is -0.498. The van der Waals surface area contributed by atoms with Crippen LogP contribution >= 0.6 is 0 Å². The Labute approximate surface area is 164 Å². The summed E-state index contributed by atoms with van der Waals surface area (Å²) in [7, 11) is -6.73. The van der Waals surface area contributed by atoms with Gasteiger partial charge in [0.05, 0.1) is 22.5 Å². The maximum atomic E-state index is 11.7. The van der Waals surface area contributed by atoms with Crippen molar-refractivity contribution >= 4 is 19.7 Å². The van der Waals surface area contributed by atoms with E-state index >= 15 is 0 Å². The average Bonchev–Trinajstić information content (AvgIpc) is 2.99. The minimum atomic E-state index is -3.37. The number of ether oxygens (including phenoxy) is 1. The molecule has 0 unspecified atom stereocenters. The summed E-state index contributed by atoms with van der Waals surface area (Å²) in [4.78, 5) is 0.278. The molecule has 9 heteroatoms. The fraction of sp³-hybridized carbons (Fsp3) is 0.368. The van der Waals surface area contributed by atoms with Crippen molar-refractivity contribution in [3.05, 3.63) is 59.7 Å².